The molecule has 0 unspecified atom stereocenters. The number of nitrogen functional groups attached to an aromatic ring is 1. The number of nitrogens with zero attached hydrogens (tertiary/aromatic N) is 4. The van der Waals surface area contributed by atoms with Gasteiger partial charge in [-0.25, -0.2) is 4.79 Å². The number of unbranched alkanes of at least 4 members (excludes halogenated alkanes) is 1. The molecule has 2 heterocycles. The largest absolute Gasteiger partial charge is 0.383 e. The second-order valence-electron chi connectivity index (χ2n) is 7.61. The van der Waals surface area contributed by atoms with Crippen LogP contribution >= 0.6 is 11.6 Å². The molecule has 3 rings (SSSR count). The normalized spacial score (nSPS) is 11.0. The van der Waals surface area contributed by atoms with Crippen molar-refractivity contribution in [1.29, 1.82) is 0 Å². The van der Waals surface area contributed by atoms with Crippen molar-refractivity contribution >= 4 is 29.0 Å². The van der Waals surface area contributed by atoms with E-state index in [9.17, 15) is 14.4 Å². The number of hydrogen-bond acceptors (Lipinski definition) is 5. The molecular formula is C22H27ClN6O3. The standard InChI is InChI=1S/C22H27ClN6O3/c1-4-5-11-27-20(24)19(21(31)25-22(27)32)28(12-16-9-7-6-8-10-16)17(30)13-29-15(3)18(23)14(2)26-29/h6-10H,4-5,11-13,24H2,1-3H3,(H,25,31,32). The van der Waals surface area contributed by atoms with Gasteiger partial charge < -0.3 is 5.73 Å². The van der Waals surface area contributed by atoms with Crippen molar-refractivity contribution in [3.8, 4) is 0 Å². The van der Waals surface area contributed by atoms with Gasteiger partial charge in [-0.05, 0) is 25.8 Å². The first-order chi connectivity index (χ1) is 15.2. The average Bonchev–Trinajstić information content (AvgIpc) is 3.00. The predicted octanol–water partition coefficient (Wildman–Crippen LogP) is 2.62. The average molecular weight is 459 g/mol. The molecule has 170 valence electrons. The van der Waals surface area contributed by atoms with E-state index in [1.165, 1.54) is 14.1 Å². The van der Waals surface area contributed by atoms with Gasteiger partial charge in [-0.3, -0.25) is 28.7 Å². The van der Waals surface area contributed by atoms with Gasteiger partial charge in [-0.2, -0.15) is 5.10 Å². The van der Waals surface area contributed by atoms with E-state index in [-0.39, 0.29) is 24.6 Å². The van der Waals surface area contributed by atoms with Gasteiger partial charge in [0.05, 0.1) is 23.0 Å². The highest BCUT2D eigenvalue weighted by molar-refractivity contribution is 6.31. The molecule has 3 aromatic rings. The van der Waals surface area contributed by atoms with Crippen LogP contribution in [0.1, 0.15) is 36.7 Å². The number of nitrogens with two attached hydrogens (primary N) is 1. The summed E-state index contributed by atoms with van der Waals surface area (Å²) in [7, 11) is 0. The molecule has 0 spiro atoms. The fourth-order valence-electron chi connectivity index (χ4n) is 3.48. The Balaban J connectivity index is 2.09. The lowest BCUT2D eigenvalue weighted by Crippen LogP contribution is -2.42. The molecule has 0 bridgehead atoms. The van der Waals surface area contributed by atoms with Crippen LogP contribution in [0.2, 0.25) is 5.02 Å². The van der Waals surface area contributed by atoms with E-state index in [1.54, 1.807) is 13.8 Å². The van der Waals surface area contributed by atoms with E-state index in [4.69, 9.17) is 17.3 Å². The molecule has 2 aromatic heterocycles. The molecule has 10 heteroatoms. The van der Waals surface area contributed by atoms with Crippen molar-refractivity contribution in [2.75, 3.05) is 10.6 Å². The minimum Gasteiger partial charge on any atom is -0.383 e. The van der Waals surface area contributed by atoms with Gasteiger partial charge >= 0.3 is 5.69 Å². The van der Waals surface area contributed by atoms with Crippen LogP contribution in [-0.2, 0) is 24.4 Å². The van der Waals surface area contributed by atoms with Gasteiger partial charge in [0.25, 0.3) is 5.56 Å². The number of hydrogen-bond donors (Lipinski definition) is 2. The molecule has 3 N–H and O–H groups in total. The summed E-state index contributed by atoms with van der Waals surface area (Å²) in [4.78, 5) is 42.2. The van der Waals surface area contributed by atoms with Gasteiger partial charge in [0, 0.05) is 6.54 Å². The Morgan fingerprint density at radius 2 is 1.91 bits per heavy atom. The molecule has 32 heavy (non-hydrogen) atoms. The highest BCUT2D eigenvalue weighted by Crippen LogP contribution is 2.22. The Hall–Kier alpha value is -3.33. The number of rotatable bonds is 8. The van der Waals surface area contributed by atoms with Gasteiger partial charge in [0.15, 0.2) is 5.69 Å². The van der Waals surface area contributed by atoms with Gasteiger partial charge in [-0.15, -0.1) is 0 Å². The van der Waals surface area contributed by atoms with Crippen molar-refractivity contribution in [3.63, 3.8) is 0 Å². The molecule has 0 atom stereocenters. The summed E-state index contributed by atoms with van der Waals surface area (Å²) < 4.78 is 2.79. The van der Waals surface area contributed by atoms with E-state index in [2.05, 4.69) is 10.1 Å². The molecular weight excluding hydrogens is 432 g/mol. The van der Waals surface area contributed by atoms with Crippen LogP contribution in [0.3, 0.4) is 0 Å². The van der Waals surface area contributed by atoms with Crippen LogP contribution in [0, 0.1) is 13.8 Å². The highest BCUT2D eigenvalue weighted by atomic mass is 35.5. The zero-order chi connectivity index (χ0) is 23.4. The lowest BCUT2D eigenvalue weighted by atomic mass is 10.2. The fraction of sp³-hybridized carbons (Fsp3) is 0.364. The number of aromatic amines is 1. The number of benzene rings is 1. The van der Waals surface area contributed by atoms with E-state index in [0.717, 1.165) is 12.0 Å². The van der Waals surface area contributed by atoms with E-state index in [1.807, 2.05) is 37.3 Å². The van der Waals surface area contributed by atoms with Crippen molar-refractivity contribution in [2.24, 2.45) is 0 Å². The van der Waals surface area contributed by atoms with Crippen LogP contribution in [0.5, 0.6) is 0 Å². The third-order valence-electron chi connectivity index (χ3n) is 5.28. The minimum atomic E-state index is -0.712. The second-order valence-corrected chi connectivity index (χ2v) is 7.98. The van der Waals surface area contributed by atoms with Crippen LogP contribution in [-0.4, -0.2) is 25.2 Å². The lowest BCUT2D eigenvalue weighted by molar-refractivity contribution is -0.119. The molecule has 0 aliphatic rings. The number of carbonyl (C=O) groups excluding carboxylic acids is 1. The Labute approximate surface area is 190 Å². The highest BCUT2D eigenvalue weighted by Gasteiger charge is 2.26. The number of aryl methyl sites for hydroxylation is 1. The van der Waals surface area contributed by atoms with Crippen molar-refractivity contribution in [1.82, 2.24) is 19.3 Å². The number of carbonyl (C=O) groups is 1. The molecule has 0 radical (unpaired) electrons. The predicted molar refractivity (Wildman–Crippen MR) is 125 cm³/mol. The third-order valence-corrected chi connectivity index (χ3v) is 5.83. The maximum absolute atomic E-state index is 13.4. The van der Waals surface area contributed by atoms with E-state index >= 15 is 0 Å². The topological polar surface area (TPSA) is 119 Å². The van der Waals surface area contributed by atoms with Gasteiger partial charge in [0.2, 0.25) is 5.91 Å². The molecule has 1 amide bonds. The zero-order valence-corrected chi connectivity index (χ0v) is 19.1. The van der Waals surface area contributed by atoms with Crippen LogP contribution < -0.4 is 21.9 Å². The summed E-state index contributed by atoms with van der Waals surface area (Å²) in [5, 5.41) is 4.80. The maximum Gasteiger partial charge on any atom is 0.330 e. The summed E-state index contributed by atoms with van der Waals surface area (Å²) in [5.74, 6) is -0.447. The second kappa shape index (κ2) is 9.86. The summed E-state index contributed by atoms with van der Waals surface area (Å²) in [6.45, 7) is 5.81. The molecule has 0 aliphatic heterocycles. The molecule has 0 saturated carbocycles. The first kappa shape index (κ1) is 23.3. The van der Waals surface area contributed by atoms with Crippen molar-refractivity contribution < 1.29 is 4.79 Å². The van der Waals surface area contributed by atoms with Crippen LogP contribution in [0.15, 0.2) is 39.9 Å². The smallest absolute Gasteiger partial charge is 0.330 e. The number of H-pyrrole nitrogens is 1. The molecule has 0 aliphatic carbocycles. The number of halogens is 1. The Bertz CT molecular complexity index is 1230. The third kappa shape index (κ3) is 4.77. The summed E-state index contributed by atoms with van der Waals surface area (Å²) in [6.07, 6.45) is 1.54. The van der Waals surface area contributed by atoms with E-state index in [0.29, 0.717) is 29.4 Å². The first-order valence-corrected chi connectivity index (χ1v) is 10.8. The molecule has 0 fully saturated rings. The van der Waals surface area contributed by atoms with Gasteiger partial charge in [-0.1, -0.05) is 55.3 Å². The van der Waals surface area contributed by atoms with Crippen molar-refractivity contribution in [3.05, 3.63) is 73.1 Å². The van der Waals surface area contributed by atoms with Gasteiger partial charge in [0.1, 0.15) is 12.4 Å². The number of anilines is 2. The Kier molecular flexibility index (Phi) is 7.19. The molecule has 1 aromatic carbocycles. The summed E-state index contributed by atoms with van der Waals surface area (Å²) in [6, 6.07) is 9.23. The van der Waals surface area contributed by atoms with E-state index < -0.39 is 17.2 Å². The van der Waals surface area contributed by atoms with Crippen molar-refractivity contribution in [2.45, 2.75) is 53.2 Å². The first-order valence-electron chi connectivity index (χ1n) is 10.4. The number of aromatic nitrogens is 4. The molecule has 0 saturated heterocycles. The monoisotopic (exact) mass is 458 g/mol. The SMILES string of the molecule is CCCCn1c(N)c(N(Cc2ccccc2)C(=O)Cn2nc(C)c(Cl)c2C)c(=O)[nH]c1=O. The maximum atomic E-state index is 13.4. The Morgan fingerprint density at radius 1 is 1.22 bits per heavy atom. The summed E-state index contributed by atoms with van der Waals surface area (Å²) >= 11 is 6.22. The minimum absolute atomic E-state index is 0.0390. The lowest BCUT2D eigenvalue weighted by Gasteiger charge is -2.25. The number of amides is 1. The Morgan fingerprint density at radius 3 is 2.50 bits per heavy atom. The summed E-state index contributed by atoms with van der Waals surface area (Å²) in [5.41, 5.74) is 6.97. The molecule has 9 nitrogen and oxygen atoms in total. The van der Waals surface area contributed by atoms with Crippen LogP contribution in [0.25, 0.3) is 0 Å². The fourth-order valence-corrected chi connectivity index (χ4v) is 3.61. The number of nitrogens with one attached hydrogen (secondary N) is 1. The zero-order valence-electron chi connectivity index (χ0n) is 18.4. The van der Waals surface area contributed by atoms with Crippen LogP contribution in [0.4, 0.5) is 11.5 Å². The quantitative estimate of drug-likeness (QED) is 0.537.